The average Bonchev–Trinajstić information content (AvgIpc) is 3.01. The Hall–Kier alpha value is -2.33. The van der Waals surface area contributed by atoms with Crippen molar-refractivity contribution < 1.29 is 4.79 Å². The minimum atomic E-state index is -0.0396. The van der Waals surface area contributed by atoms with Crippen LogP contribution in [0.5, 0.6) is 0 Å². The number of aromatic nitrogens is 2. The highest BCUT2D eigenvalue weighted by atomic mass is 35.5. The number of hydrogen-bond donors (Lipinski definition) is 1. The number of benzene rings is 2. The summed E-state index contributed by atoms with van der Waals surface area (Å²) in [7, 11) is 1.80. The van der Waals surface area contributed by atoms with Gasteiger partial charge in [-0.15, -0.1) is 0 Å². The summed E-state index contributed by atoms with van der Waals surface area (Å²) >= 11 is 5.91. The fraction of sp³-hybridized carbons (Fsp3) is 0.176. The summed E-state index contributed by atoms with van der Waals surface area (Å²) in [4.78, 5) is 21.6. The van der Waals surface area contributed by atoms with Gasteiger partial charge in [0.1, 0.15) is 0 Å². The number of fused-ring (bicyclic) bond motifs is 1. The first-order valence-corrected chi connectivity index (χ1v) is 7.40. The van der Waals surface area contributed by atoms with Gasteiger partial charge >= 0.3 is 0 Å². The van der Waals surface area contributed by atoms with Crippen molar-refractivity contribution in [3.05, 3.63) is 64.9 Å². The van der Waals surface area contributed by atoms with Crippen LogP contribution >= 0.6 is 11.6 Å². The quantitative estimate of drug-likeness (QED) is 0.793. The Labute approximate surface area is 133 Å². The van der Waals surface area contributed by atoms with Gasteiger partial charge in [0.05, 0.1) is 23.4 Å². The zero-order valence-electron chi connectivity index (χ0n) is 12.4. The third-order valence-corrected chi connectivity index (χ3v) is 4.17. The monoisotopic (exact) mass is 313 g/mol. The summed E-state index contributed by atoms with van der Waals surface area (Å²) in [6.45, 7) is 2.00. The molecule has 0 saturated carbocycles. The molecule has 1 heterocycles. The van der Waals surface area contributed by atoms with Crippen LogP contribution < -0.4 is 0 Å². The first kappa shape index (κ1) is 14.6. The zero-order valence-corrected chi connectivity index (χ0v) is 13.1. The predicted molar refractivity (Wildman–Crippen MR) is 88.1 cm³/mol. The van der Waals surface area contributed by atoms with Crippen LogP contribution in [-0.2, 0) is 0 Å². The van der Waals surface area contributed by atoms with E-state index in [0.29, 0.717) is 10.6 Å². The van der Waals surface area contributed by atoms with E-state index in [1.54, 1.807) is 24.3 Å². The summed E-state index contributed by atoms with van der Waals surface area (Å²) in [6.07, 6.45) is 1.62. The van der Waals surface area contributed by atoms with Crippen LogP contribution in [0.4, 0.5) is 0 Å². The minimum absolute atomic E-state index is 0.0287. The van der Waals surface area contributed by atoms with Crippen LogP contribution in [0.25, 0.3) is 11.0 Å². The van der Waals surface area contributed by atoms with E-state index < -0.39 is 0 Å². The Balaban J connectivity index is 1.85. The maximum Gasteiger partial charge on any atom is 0.254 e. The summed E-state index contributed by atoms with van der Waals surface area (Å²) in [5.41, 5.74) is 3.39. The van der Waals surface area contributed by atoms with Crippen molar-refractivity contribution in [2.45, 2.75) is 13.0 Å². The Morgan fingerprint density at radius 3 is 2.68 bits per heavy atom. The van der Waals surface area contributed by atoms with Gasteiger partial charge in [-0.1, -0.05) is 23.7 Å². The molecule has 4 nitrogen and oxygen atoms in total. The number of carbonyl (C=O) groups is 1. The second-order valence-corrected chi connectivity index (χ2v) is 5.71. The van der Waals surface area contributed by atoms with E-state index in [0.717, 1.165) is 16.6 Å². The van der Waals surface area contributed by atoms with Gasteiger partial charge in [-0.3, -0.25) is 4.79 Å². The molecule has 0 unspecified atom stereocenters. The molecule has 0 aliphatic heterocycles. The van der Waals surface area contributed by atoms with Crippen LogP contribution in [-0.4, -0.2) is 27.8 Å². The van der Waals surface area contributed by atoms with Gasteiger partial charge < -0.3 is 9.88 Å². The van der Waals surface area contributed by atoms with Crippen molar-refractivity contribution in [1.29, 1.82) is 0 Å². The normalized spacial score (nSPS) is 12.3. The summed E-state index contributed by atoms with van der Waals surface area (Å²) in [5, 5.41) is 0.689. The topological polar surface area (TPSA) is 49.0 Å². The van der Waals surface area contributed by atoms with E-state index in [1.165, 1.54) is 0 Å². The molecule has 3 rings (SSSR count). The smallest absolute Gasteiger partial charge is 0.254 e. The second kappa shape index (κ2) is 5.81. The fourth-order valence-corrected chi connectivity index (χ4v) is 2.54. The SMILES string of the molecule is C[C@@H](c1ccc(Cl)cc1)N(C)C(=O)c1ccc2nc[nH]c2c1. The molecular weight excluding hydrogens is 298 g/mol. The lowest BCUT2D eigenvalue weighted by Gasteiger charge is -2.25. The third kappa shape index (κ3) is 2.70. The number of H-pyrrole nitrogens is 1. The van der Waals surface area contributed by atoms with Crippen molar-refractivity contribution in [2.75, 3.05) is 7.05 Å². The van der Waals surface area contributed by atoms with Crippen molar-refractivity contribution in [3.63, 3.8) is 0 Å². The number of hydrogen-bond acceptors (Lipinski definition) is 2. The number of aromatic amines is 1. The van der Waals surface area contributed by atoms with Crippen molar-refractivity contribution in [1.82, 2.24) is 14.9 Å². The van der Waals surface area contributed by atoms with E-state index in [9.17, 15) is 4.79 Å². The molecule has 112 valence electrons. The van der Waals surface area contributed by atoms with E-state index in [-0.39, 0.29) is 11.9 Å². The Bertz CT molecular complexity index is 810. The Morgan fingerprint density at radius 1 is 1.23 bits per heavy atom. The maximum absolute atomic E-state index is 12.7. The standard InChI is InChI=1S/C17H16ClN3O/c1-11(12-3-6-14(18)7-4-12)21(2)17(22)13-5-8-15-16(9-13)20-10-19-15/h3-11H,1-2H3,(H,19,20)/t11-/m0/s1. The van der Waals surface area contributed by atoms with E-state index >= 15 is 0 Å². The predicted octanol–water partition coefficient (Wildman–Crippen LogP) is 4.05. The van der Waals surface area contributed by atoms with E-state index in [2.05, 4.69) is 9.97 Å². The highest BCUT2D eigenvalue weighted by Crippen LogP contribution is 2.23. The molecule has 0 aliphatic rings. The zero-order chi connectivity index (χ0) is 15.7. The minimum Gasteiger partial charge on any atom is -0.345 e. The Morgan fingerprint density at radius 2 is 1.95 bits per heavy atom. The summed E-state index contributed by atoms with van der Waals surface area (Å²) in [6, 6.07) is 13.0. The van der Waals surface area contributed by atoms with Gasteiger partial charge in [0.25, 0.3) is 5.91 Å². The molecule has 0 aliphatic carbocycles. The largest absolute Gasteiger partial charge is 0.345 e. The molecule has 0 saturated heterocycles. The molecule has 0 fully saturated rings. The number of imidazole rings is 1. The lowest BCUT2D eigenvalue weighted by atomic mass is 10.1. The fourth-order valence-electron chi connectivity index (χ4n) is 2.41. The van der Waals surface area contributed by atoms with E-state index in [1.807, 2.05) is 43.3 Å². The van der Waals surface area contributed by atoms with Gasteiger partial charge in [0.2, 0.25) is 0 Å². The van der Waals surface area contributed by atoms with Crippen LogP contribution in [0.3, 0.4) is 0 Å². The van der Waals surface area contributed by atoms with E-state index in [4.69, 9.17) is 11.6 Å². The average molecular weight is 314 g/mol. The summed E-state index contributed by atoms with van der Waals surface area (Å²) in [5.74, 6) is -0.0287. The highest BCUT2D eigenvalue weighted by molar-refractivity contribution is 6.30. The molecule has 1 amide bonds. The lowest BCUT2D eigenvalue weighted by molar-refractivity contribution is 0.0743. The van der Waals surface area contributed by atoms with Crippen LogP contribution in [0.1, 0.15) is 28.9 Å². The number of halogens is 1. The second-order valence-electron chi connectivity index (χ2n) is 5.28. The van der Waals surface area contributed by atoms with Crippen LogP contribution in [0.2, 0.25) is 5.02 Å². The molecule has 0 radical (unpaired) electrons. The molecule has 1 N–H and O–H groups in total. The molecule has 22 heavy (non-hydrogen) atoms. The number of rotatable bonds is 3. The number of amides is 1. The van der Waals surface area contributed by atoms with Crippen molar-refractivity contribution in [3.8, 4) is 0 Å². The molecule has 0 bridgehead atoms. The third-order valence-electron chi connectivity index (χ3n) is 3.92. The molecule has 5 heteroatoms. The van der Waals surface area contributed by atoms with Gasteiger partial charge in [-0.25, -0.2) is 4.98 Å². The molecule has 3 aromatic rings. The number of carbonyl (C=O) groups excluding carboxylic acids is 1. The highest BCUT2D eigenvalue weighted by Gasteiger charge is 2.19. The molecule has 1 atom stereocenters. The Kier molecular flexibility index (Phi) is 3.86. The van der Waals surface area contributed by atoms with Gasteiger partial charge in [-0.2, -0.15) is 0 Å². The molecular formula is C17H16ClN3O. The van der Waals surface area contributed by atoms with Crippen molar-refractivity contribution in [2.24, 2.45) is 0 Å². The summed E-state index contributed by atoms with van der Waals surface area (Å²) < 4.78 is 0. The van der Waals surface area contributed by atoms with Crippen LogP contribution in [0, 0.1) is 0 Å². The maximum atomic E-state index is 12.7. The first-order chi connectivity index (χ1) is 10.6. The van der Waals surface area contributed by atoms with Gasteiger partial charge in [0, 0.05) is 17.6 Å². The van der Waals surface area contributed by atoms with Crippen molar-refractivity contribution >= 4 is 28.5 Å². The number of nitrogens with zero attached hydrogens (tertiary/aromatic N) is 2. The van der Waals surface area contributed by atoms with Gasteiger partial charge in [0.15, 0.2) is 0 Å². The first-order valence-electron chi connectivity index (χ1n) is 7.02. The lowest BCUT2D eigenvalue weighted by Crippen LogP contribution is -2.29. The number of nitrogens with one attached hydrogen (secondary N) is 1. The molecule has 2 aromatic carbocycles. The van der Waals surface area contributed by atoms with Gasteiger partial charge in [-0.05, 0) is 42.8 Å². The molecule has 0 spiro atoms. The van der Waals surface area contributed by atoms with Crippen LogP contribution in [0.15, 0.2) is 48.8 Å². The molecule has 1 aromatic heterocycles.